The number of nitrogens with two attached hydrogens (primary N) is 1. The zero-order chi connectivity index (χ0) is 20.0. The number of nitrogens with one attached hydrogen (secondary N) is 1. The third-order valence-electron chi connectivity index (χ3n) is 5.00. The Hall–Kier alpha value is -2.44. The second-order valence-corrected chi connectivity index (χ2v) is 7.57. The minimum atomic E-state index is -0.0600. The smallest absolute Gasteiger partial charge is 0.239 e. The summed E-state index contributed by atoms with van der Waals surface area (Å²) in [6, 6.07) is 3.62. The number of ether oxygens (including phenoxy) is 1. The number of aryl methyl sites for hydroxylation is 1. The molecule has 3 N–H and O–H groups in total. The summed E-state index contributed by atoms with van der Waals surface area (Å²) in [4.78, 5) is 16.8. The van der Waals surface area contributed by atoms with Gasteiger partial charge in [-0.05, 0) is 26.0 Å². The summed E-state index contributed by atoms with van der Waals surface area (Å²) in [5, 5.41) is 4.70. The number of amides is 1. The van der Waals surface area contributed by atoms with E-state index in [1.165, 1.54) is 0 Å². The van der Waals surface area contributed by atoms with Crippen LogP contribution in [0.5, 0.6) is 5.75 Å². The molecule has 0 atom stereocenters. The van der Waals surface area contributed by atoms with Gasteiger partial charge < -0.3 is 20.4 Å². The van der Waals surface area contributed by atoms with E-state index in [1.54, 1.807) is 6.07 Å². The molecule has 0 spiro atoms. The molecule has 4 rings (SSSR count). The van der Waals surface area contributed by atoms with Gasteiger partial charge in [0.15, 0.2) is 0 Å². The number of anilines is 1. The number of rotatable bonds is 4. The second-order valence-electron chi connectivity index (χ2n) is 6.75. The van der Waals surface area contributed by atoms with Gasteiger partial charge in [-0.1, -0.05) is 23.2 Å². The second kappa shape index (κ2) is 7.18. The molecule has 0 saturated carbocycles. The van der Waals surface area contributed by atoms with Crippen LogP contribution in [0.2, 0.25) is 10.0 Å². The minimum absolute atomic E-state index is 0.0600. The summed E-state index contributed by atoms with van der Waals surface area (Å²) in [7, 11) is 0. The number of hydrogen-bond donors (Lipinski definition) is 2. The van der Waals surface area contributed by atoms with E-state index in [-0.39, 0.29) is 12.5 Å². The van der Waals surface area contributed by atoms with Crippen LogP contribution in [0.25, 0.3) is 22.2 Å². The van der Waals surface area contributed by atoms with Crippen molar-refractivity contribution < 1.29 is 9.53 Å². The van der Waals surface area contributed by atoms with Crippen LogP contribution in [-0.2, 0) is 17.8 Å². The normalized spacial score (nSPS) is 12.9. The van der Waals surface area contributed by atoms with Crippen LogP contribution in [0.15, 0.2) is 18.3 Å². The Bertz CT molecular complexity index is 1110. The number of fused-ring (bicyclic) bond motifs is 2. The van der Waals surface area contributed by atoms with E-state index in [0.717, 1.165) is 27.6 Å². The zero-order valence-corrected chi connectivity index (χ0v) is 17.1. The lowest BCUT2D eigenvalue weighted by atomic mass is 9.98. The van der Waals surface area contributed by atoms with E-state index in [9.17, 15) is 4.79 Å². The summed E-state index contributed by atoms with van der Waals surface area (Å²) in [5.41, 5.74) is 10.3. The Kier molecular flexibility index (Phi) is 4.85. The fourth-order valence-corrected chi connectivity index (χ4v) is 4.40. The van der Waals surface area contributed by atoms with Gasteiger partial charge in [-0.15, -0.1) is 0 Å². The average Bonchev–Trinajstić information content (AvgIpc) is 3.27. The molecule has 2 aromatic heterocycles. The number of halogens is 2. The van der Waals surface area contributed by atoms with Crippen molar-refractivity contribution in [2.75, 3.05) is 18.9 Å². The van der Waals surface area contributed by atoms with Crippen molar-refractivity contribution in [2.45, 2.75) is 26.8 Å². The number of nitrogen functional groups attached to an aromatic ring is 1. The molecule has 28 heavy (non-hydrogen) atoms. The highest BCUT2D eigenvalue weighted by Gasteiger charge is 2.26. The highest BCUT2D eigenvalue weighted by molar-refractivity contribution is 6.38. The molecule has 6 nitrogen and oxygen atoms in total. The fraction of sp³-hybridized carbons (Fsp3) is 0.300. The maximum Gasteiger partial charge on any atom is 0.239 e. The summed E-state index contributed by atoms with van der Waals surface area (Å²) >= 11 is 12.9. The Labute approximate surface area is 172 Å². The van der Waals surface area contributed by atoms with Gasteiger partial charge in [0.1, 0.15) is 18.1 Å². The van der Waals surface area contributed by atoms with Crippen molar-refractivity contribution in [2.24, 2.45) is 0 Å². The first-order valence-electron chi connectivity index (χ1n) is 9.08. The molecule has 1 aliphatic rings. The molecule has 0 fully saturated rings. The third-order valence-corrected chi connectivity index (χ3v) is 5.58. The van der Waals surface area contributed by atoms with Crippen molar-refractivity contribution in [1.29, 1.82) is 0 Å². The number of carbonyl (C=O) groups excluding carboxylic acids is 1. The molecule has 3 heterocycles. The highest BCUT2D eigenvalue weighted by Crippen LogP contribution is 2.46. The van der Waals surface area contributed by atoms with Gasteiger partial charge in [0.05, 0.1) is 27.9 Å². The first-order chi connectivity index (χ1) is 13.4. The van der Waals surface area contributed by atoms with Crippen LogP contribution in [0.1, 0.15) is 18.1 Å². The number of hydrogen-bond acceptors (Lipinski definition) is 4. The minimum Gasteiger partial charge on any atom is -0.491 e. The number of carbonyl (C=O) groups is 1. The van der Waals surface area contributed by atoms with Crippen molar-refractivity contribution in [3.05, 3.63) is 39.5 Å². The standard InChI is InChI=1S/C20H20Cl2N4O2/c1-3-24-15(27)9-26-6-4-12-17(25-20(23)10(2)18(12)26)16-11-5-7-28-19(11)14(22)8-13(16)21/h4,6,8H,3,5,7,9H2,1-2H3,(H2,23,25)(H,24,27). The maximum absolute atomic E-state index is 12.1. The quantitative estimate of drug-likeness (QED) is 0.671. The molecule has 146 valence electrons. The first kappa shape index (κ1) is 18.9. The SMILES string of the molecule is CCNC(=O)Cn1ccc2c(-c3c(Cl)cc(Cl)c4c3CCO4)nc(N)c(C)c21. The highest BCUT2D eigenvalue weighted by atomic mass is 35.5. The molecular formula is C20H20Cl2N4O2. The Morgan fingerprint density at radius 2 is 2.18 bits per heavy atom. The van der Waals surface area contributed by atoms with Crippen LogP contribution < -0.4 is 15.8 Å². The van der Waals surface area contributed by atoms with Crippen LogP contribution in [0.3, 0.4) is 0 Å². The van der Waals surface area contributed by atoms with E-state index in [2.05, 4.69) is 10.3 Å². The number of nitrogens with zero attached hydrogens (tertiary/aromatic N) is 2. The van der Waals surface area contributed by atoms with Gasteiger partial charge in [0, 0.05) is 41.2 Å². The summed E-state index contributed by atoms with van der Waals surface area (Å²) in [6.07, 6.45) is 2.57. The van der Waals surface area contributed by atoms with Gasteiger partial charge in [-0.3, -0.25) is 4.79 Å². The third kappa shape index (κ3) is 2.97. The zero-order valence-electron chi connectivity index (χ0n) is 15.6. The predicted octanol–water partition coefficient (Wildman–Crippen LogP) is 3.97. The first-order valence-corrected chi connectivity index (χ1v) is 9.83. The number of likely N-dealkylation sites (N-methyl/N-ethyl adjacent to an activating group) is 1. The van der Waals surface area contributed by atoms with Gasteiger partial charge in [0.25, 0.3) is 0 Å². The molecule has 1 amide bonds. The van der Waals surface area contributed by atoms with Crippen molar-refractivity contribution in [3.63, 3.8) is 0 Å². The Morgan fingerprint density at radius 3 is 2.93 bits per heavy atom. The molecule has 8 heteroatoms. The van der Waals surface area contributed by atoms with E-state index >= 15 is 0 Å². The lowest BCUT2D eigenvalue weighted by Crippen LogP contribution is -2.26. The van der Waals surface area contributed by atoms with E-state index in [4.69, 9.17) is 33.7 Å². The topological polar surface area (TPSA) is 82.2 Å². The molecule has 0 unspecified atom stereocenters. The Balaban J connectivity index is 1.96. The van der Waals surface area contributed by atoms with Crippen LogP contribution >= 0.6 is 23.2 Å². The number of aromatic nitrogens is 2. The lowest BCUT2D eigenvalue weighted by Gasteiger charge is -2.15. The summed E-state index contributed by atoms with van der Waals surface area (Å²) < 4.78 is 7.58. The molecule has 0 radical (unpaired) electrons. The molecule has 3 aromatic rings. The van der Waals surface area contributed by atoms with Gasteiger partial charge >= 0.3 is 0 Å². The van der Waals surface area contributed by atoms with Crippen LogP contribution in [0, 0.1) is 6.92 Å². The summed E-state index contributed by atoms with van der Waals surface area (Å²) in [6.45, 7) is 5.13. The number of pyridine rings is 1. The largest absolute Gasteiger partial charge is 0.491 e. The Morgan fingerprint density at radius 1 is 1.39 bits per heavy atom. The van der Waals surface area contributed by atoms with E-state index in [0.29, 0.717) is 46.9 Å². The lowest BCUT2D eigenvalue weighted by molar-refractivity contribution is -0.121. The molecule has 0 aliphatic carbocycles. The fourth-order valence-electron chi connectivity index (χ4n) is 3.75. The molecule has 1 aliphatic heterocycles. The van der Waals surface area contributed by atoms with Crippen molar-refractivity contribution in [3.8, 4) is 17.0 Å². The van der Waals surface area contributed by atoms with Gasteiger partial charge in [0.2, 0.25) is 5.91 Å². The number of benzene rings is 1. The summed E-state index contributed by atoms with van der Waals surface area (Å²) in [5.74, 6) is 0.990. The van der Waals surface area contributed by atoms with Crippen LogP contribution in [-0.4, -0.2) is 28.6 Å². The van der Waals surface area contributed by atoms with E-state index in [1.807, 2.05) is 30.7 Å². The monoisotopic (exact) mass is 418 g/mol. The average molecular weight is 419 g/mol. The van der Waals surface area contributed by atoms with Crippen molar-refractivity contribution in [1.82, 2.24) is 14.9 Å². The predicted molar refractivity (Wildman–Crippen MR) is 112 cm³/mol. The van der Waals surface area contributed by atoms with Gasteiger partial charge in [-0.25, -0.2) is 4.98 Å². The van der Waals surface area contributed by atoms with Gasteiger partial charge in [-0.2, -0.15) is 0 Å². The molecule has 1 aromatic carbocycles. The molecule has 0 bridgehead atoms. The van der Waals surface area contributed by atoms with Crippen LogP contribution in [0.4, 0.5) is 5.82 Å². The maximum atomic E-state index is 12.1. The molecular weight excluding hydrogens is 399 g/mol. The van der Waals surface area contributed by atoms with Crippen molar-refractivity contribution >= 4 is 45.8 Å². The molecule has 0 saturated heterocycles. The van der Waals surface area contributed by atoms with E-state index < -0.39 is 0 Å².